The number of aliphatic hydroxyl groups is 1. The summed E-state index contributed by atoms with van der Waals surface area (Å²) in [5, 5.41) is 10.6. The van der Waals surface area contributed by atoms with Crippen molar-refractivity contribution in [3.63, 3.8) is 0 Å². The van der Waals surface area contributed by atoms with Gasteiger partial charge in [-0.1, -0.05) is 337 Å². The monoisotopic (exact) mass is 1400 g/mol. The first kappa shape index (κ1) is 93.1. The summed E-state index contributed by atoms with van der Waals surface area (Å²) in [5.74, 6) is 0.123. The van der Waals surface area contributed by atoms with Crippen molar-refractivity contribution in [2.24, 2.45) is 17.8 Å². The molecule has 0 aromatic heterocycles. The Morgan fingerprint density at radius 3 is 0.716 bits per heavy atom. The third-order valence-electron chi connectivity index (χ3n) is 17.6. The normalized spacial score (nSPS) is 14.1. The van der Waals surface area contributed by atoms with Crippen LogP contribution < -0.4 is 0 Å². The average molecular weight is 1400 g/mol. The molecule has 0 heterocycles. The van der Waals surface area contributed by atoms with Gasteiger partial charge < -0.3 is 33.8 Å². The molecule has 0 radical (unpaired) electrons. The lowest BCUT2D eigenvalue weighted by Gasteiger charge is -2.21. The summed E-state index contributed by atoms with van der Waals surface area (Å²) in [7, 11) is -9.91. The van der Waals surface area contributed by atoms with E-state index < -0.39 is 97.5 Å². The maximum atomic E-state index is 13.1. The summed E-state index contributed by atoms with van der Waals surface area (Å²) in [4.78, 5) is 72.7. The molecule has 5 atom stereocenters. The number of hydrogen-bond donors (Lipinski definition) is 3. The van der Waals surface area contributed by atoms with Crippen molar-refractivity contribution in [2.75, 3.05) is 39.6 Å². The van der Waals surface area contributed by atoms with E-state index in [1.54, 1.807) is 0 Å². The fourth-order valence-corrected chi connectivity index (χ4v) is 13.2. The Morgan fingerprint density at radius 1 is 0.284 bits per heavy atom. The van der Waals surface area contributed by atoms with Gasteiger partial charge in [-0.15, -0.1) is 0 Å². The van der Waals surface area contributed by atoms with Gasteiger partial charge >= 0.3 is 39.5 Å². The molecule has 0 bridgehead atoms. The van der Waals surface area contributed by atoms with E-state index in [1.165, 1.54) is 193 Å². The molecule has 3 N–H and O–H groups in total. The van der Waals surface area contributed by atoms with Gasteiger partial charge in [0.1, 0.15) is 19.3 Å². The molecular weight excluding hydrogens is 1250 g/mol. The molecule has 0 saturated carbocycles. The summed E-state index contributed by atoms with van der Waals surface area (Å²) in [6, 6.07) is 0. The standard InChI is InChI=1S/C76H148O17P2/c1-8-9-10-11-12-13-14-21-25-28-36-43-50-57-73(78)86-63-71(92-75(80)59-52-45-37-29-26-23-20-18-16-15-17-19-22-24-27-33-40-47-54-67(2)3)65-90-94(82,83)88-61-70(77)62-89-95(84,85)91-66-72(64-87-74(79)58-51-44-39-32-35-42-49-56-69(6)7)93-76(81)60-53-46-38-31-30-34-41-48-55-68(4)5/h67-72,77H,8-66H2,1-7H3,(H,82,83)(H,84,85)/t70-,71-,72-/m1/s1. The Balaban J connectivity index is 5.20. The molecular formula is C76H148O17P2. The van der Waals surface area contributed by atoms with Gasteiger partial charge in [0, 0.05) is 25.7 Å². The predicted molar refractivity (Wildman–Crippen MR) is 386 cm³/mol. The largest absolute Gasteiger partial charge is 0.472 e. The van der Waals surface area contributed by atoms with E-state index in [-0.39, 0.29) is 25.7 Å². The number of carbonyl (C=O) groups is 4. The maximum absolute atomic E-state index is 13.1. The van der Waals surface area contributed by atoms with Gasteiger partial charge in [-0.3, -0.25) is 37.3 Å². The van der Waals surface area contributed by atoms with Crippen molar-refractivity contribution < 1.29 is 80.2 Å². The molecule has 0 aliphatic carbocycles. The maximum Gasteiger partial charge on any atom is 0.472 e. The van der Waals surface area contributed by atoms with Crippen molar-refractivity contribution in [3.05, 3.63) is 0 Å². The van der Waals surface area contributed by atoms with Crippen LogP contribution in [0.15, 0.2) is 0 Å². The summed E-state index contributed by atoms with van der Waals surface area (Å²) >= 11 is 0. The topological polar surface area (TPSA) is 237 Å². The van der Waals surface area contributed by atoms with Crippen LogP contribution in [0.2, 0.25) is 0 Å². The second-order valence-electron chi connectivity index (χ2n) is 28.8. The molecule has 0 fully saturated rings. The highest BCUT2D eigenvalue weighted by molar-refractivity contribution is 7.47. The summed E-state index contributed by atoms with van der Waals surface area (Å²) in [6.45, 7) is 11.8. The Bertz CT molecular complexity index is 1850. The summed E-state index contributed by atoms with van der Waals surface area (Å²) in [5.41, 5.74) is 0. The molecule has 0 aromatic carbocycles. The number of hydrogen-bond acceptors (Lipinski definition) is 15. The number of esters is 4. The first-order chi connectivity index (χ1) is 45.7. The van der Waals surface area contributed by atoms with Crippen molar-refractivity contribution in [3.8, 4) is 0 Å². The van der Waals surface area contributed by atoms with Crippen LogP contribution in [-0.4, -0.2) is 96.7 Å². The molecule has 0 aliphatic heterocycles. The lowest BCUT2D eigenvalue weighted by molar-refractivity contribution is -0.161. The predicted octanol–water partition coefficient (Wildman–Crippen LogP) is 22.2. The molecule has 19 heteroatoms. The van der Waals surface area contributed by atoms with Gasteiger partial charge in [0.15, 0.2) is 12.2 Å². The van der Waals surface area contributed by atoms with Crippen molar-refractivity contribution in [1.29, 1.82) is 0 Å². The molecule has 17 nitrogen and oxygen atoms in total. The van der Waals surface area contributed by atoms with Crippen molar-refractivity contribution >= 4 is 39.5 Å². The average Bonchev–Trinajstić information content (AvgIpc) is 2.36. The molecule has 0 aliphatic rings. The quantitative estimate of drug-likeness (QED) is 0.0222. The number of unbranched alkanes of at least 4 members (excludes halogenated alkanes) is 42. The Hall–Kier alpha value is -1.94. The van der Waals surface area contributed by atoms with E-state index in [4.69, 9.17) is 37.0 Å². The number of rotatable bonds is 74. The van der Waals surface area contributed by atoms with Gasteiger partial charge in [0.2, 0.25) is 0 Å². The van der Waals surface area contributed by atoms with E-state index in [1.807, 2.05) is 0 Å². The van der Waals surface area contributed by atoms with Crippen LogP contribution >= 0.6 is 15.6 Å². The third kappa shape index (κ3) is 70.3. The highest BCUT2D eigenvalue weighted by Crippen LogP contribution is 2.45. The van der Waals surface area contributed by atoms with E-state index in [9.17, 15) is 43.2 Å². The SMILES string of the molecule is CCCCCCCCCCCCCCCC(=O)OC[C@H](COP(=O)(O)OC[C@@H](O)COP(=O)(O)OC[C@@H](COC(=O)CCCCCCCCCC(C)C)OC(=O)CCCCCCCCCCC(C)C)OC(=O)CCCCCCCCCCCCCCCCCCCCC(C)C. The van der Waals surface area contributed by atoms with Crippen LogP contribution in [0, 0.1) is 17.8 Å². The number of aliphatic hydroxyl groups excluding tert-OH is 1. The number of ether oxygens (including phenoxy) is 4. The smallest absolute Gasteiger partial charge is 0.462 e. The molecule has 95 heavy (non-hydrogen) atoms. The fourth-order valence-electron chi connectivity index (χ4n) is 11.6. The minimum atomic E-state index is -4.96. The van der Waals surface area contributed by atoms with Crippen LogP contribution in [0.1, 0.15) is 389 Å². The lowest BCUT2D eigenvalue weighted by Crippen LogP contribution is -2.30. The second kappa shape index (κ2) is 66.6. The van der Waals surface area contributed by atoms with E-state index in [0.717, 1.165) is 108 Å². The van der Waals surface area contributed by atoms with Crippen LogP contribution in [0.25, 0.3) is 0 Å². The summed E-state index contributed by atoms with van der Waals surface area (Å²) in [6.07, 6.45) is 52.9. The van der Waals surface area contributed by atoms with Gasteiger partial charge in [0.25, 0.3) is 0 Å². The van der Waals surface area contributed by atoms with Gasteiger partial charge in [-0.05, 0) is 43.4 Å². The zero-order chi connectivity index (χ0) is 70.1. The third-order valence-corrected chi connectivity index (χ3v) is 19.5. The van der Waals surface area contributed by atoms with Gasteiger partial charge in [0.05, 0.1) is 26.4 Å². The first-order valence-electron chi connectivity index (χ1n) is 39.3. The highest BCUT2D eigenvalue weighted by atomic mass is 31.2. The van der Waals surface area contributed by atoms with E-state index >= 15 is 0 Å². The van der Waals surface area contributed by atoms with Crippen LogP contribution in [0.4, 0.5) is 0 Å². The molecule has 0 spiro atoms. The zero-order valence-electron chi connectivity index (χ0n) is 62.1. The van der Waals surface area contributed by atoms with E-state index in [2.05, 4.69) is 48.5 Å². The molecule has 0 aromatic rings. The fraction of sp³-hybridized carbons (Fsp3) is 0.947. The van der Waals surface area contributed by atoms with Crippen LogP contribution in [0.5, 0.6) is 0 Å². The molecule has 2 unspecified atom stereocenters. The zero-order valence-corrected chi connectivity index (χ0v) is 63.9. The van der Waals surface area contributed by atoms with E-state index in [0.29, 0.717) is 31.6 Å². The van der Waals surface area contributed by atoms with Crippen molar-refractivity contribution in [1.82, 2.24) is 0 Å². The molecule has 0 rings (SSSR count). The lowest BCUT2D eigenvalue weighted by atomic mass is 10.0. The highest BCUT2D eigenvalue weighted by Gasteiger charge is 2.30. The summed E-state index contributed by atoms with van der Waals surface area (Å²) < 4.78 is 68.5. The Kier molecular flexibility index (Phi) is 65.2. The number of phosphoric acid groups is 2. The number of phosphoric ester groups is 2. The minimum absolute atomic E-state index is 0.104. The first-order valence-corrected chi connectivity index (χ1v) is 42.3. The van der Waals surface area contributed by atoms with Gasteiger partial charge in [-0.2, -0.15) is 0 Å². The Labute approximate surface area is 581 Å². The minimum Gasteiger partial charge on any atom is -0.462 e. The van der Waals surface area contributed by atoms with Crippen LogP contribution in [0.3, 0.4) is 0 Å². The molecule has 0 saturated heterocycles. The number of carbonyl (C=O) groups excluding carboxylic acids is 4. The molecule has 564 valence electrons. The molecule has 0 amide bonds. The Morgan fingerprint density at radius 2 is 0.484 bits per heavy atom. The van der Waals surface area contributed by atoms with Crippen molar-refractivity contribution in [2.45, 2.75) is 407 Å². The van der Waals surface area contributed by atoms with Crippen LogP contribution in [-0.2, 0) is 65.4 Å². The van der Waals surface area contributed by atoms with Gasteiger partial charge in [-0.25, -0.2) is 9.13 Å². The second-order valence-corrected chi connectivity index (χ2v) is 31.7.